The second kappa shape index (κ2) is 4.89. The SMILES string of the molecule is CCOC(=O)C1=C(C)OC2=NC(CCl)=NC(=O)C21. The molecule has 0 aromatic rings. The minimum atomic E-state index is -0.893. The number of alkyl halides is 1. The fourth-order valence-electron chi connectivity index (χ4n) is 1.79. The summed E-state index contributed by atoms with van der Waals surface area (Å²) in [5, 5.41) is 0. The molecule has 0 saturated heterocycles. The zero-order chi connectivity index (χ0) is 13.3. The maximum absolute atomic E-state index is 11.9. The van der Waals surface area contributed by atoms with Gasteiger partial charge in [-0.25, -0.2) is 4.79 Å². The molecule has 2 heterocycles. The normalized spacial score (nSPS) is 22.2. The molecule has 2 aliphatic rings. The van der Waals surface area contributed by atoms with Crippen LogP contribution in [0.4, 0.5) is 0 Å². The van der Waals surface area contributed by atoms with Gasteiger partial charge in [0.2, 0.25) is 5.90 Å². The number of carbonyl (C=O) groups excluding carboxylic acids is 2. The van der Waals surface area contributed by atoms with E-state index in [9.17, 15) is 9.59 Å². The summed E-state index contributed by atoms with van der Waals surface area (Å²) < 4.78 is 10.2. The van der Waals surface area contributed by atoms with Crippen LogP contribution in [0.15, 0.2) is 21.3 Å². The van der Waals surface area contributed by atoms with Crippen molar-refractivity contribution >= 4 is 35.2 Å². The first-order chi connectivity index (χ1) is 8.58. The lowest BCUT2D eigenvalue weighted by Crippen LogP contribution is -2.30. The number of halogens is 1. The predicted molar refractivity (Wildman–Crippen MR) is 64.5 cm³/mol. The van der Waals surface area contributed by atoms with E-state index in [1.165, 1.54) is 0 Å². The van der Waals surface area contributed by atoms with Crippen molar-refractivity contribution in [1.82, 2.24) is 0 Å². The highest BCUT2D eigenvalue weighted by molar-refractivity contribution is 6.32. The summed E-state index contributed by atoms with van der Waals surface area (Å²) in [6.45, 7) is 3.49. The predicted octanol–water partition coefficient (Wildman–Crippen LogP) is 1.05. The van der Waals surface area contributed by atoms with Crippen LogP contribution in [-0.4, -0.2) is 36.1 Å². The second-order valence-corrected chi connectivity index (χ2v) is 3.94. The fraction of sp³-hybridized carbons (Fsp3) is 0.455. The Hall–Kier alpha value is -1.69. The maximum Gasteiger partial charge on any atom is 0.338 e. The number of fused-ring (bicyclic) bond motifs is 1. The molecule has 0 spiro atoms. The van der Waals surface area contributed by atoms with Crippen LogP contribution in [0.1, 0.15) is 13.8 Å². The van der Waals surface area contributed by atoms with Crippen LogP contribution in [0.3, 0.4) is 0 Å². The monoisotopic (exact) mass is 270 g/mol. The van der Waals surface area contributed by atoms with Crippen molar-refractivity contribution in [3.8, 4) is 0 Å². The van der Waals surface area contributed by atoms with Crippen LogP contribution in [0.2, 0.25) is 0 Å². The quantitative estimate of drug-likeness (QED) is 0.567. The number of amides is 1. The first-order valence-corrected chi connectivity index (χ1v) is 5.93. The van der Waals surface area contributed by atoms with Gasteiger partial charge in [0.1, 0.15) is 5.76 Å². The molecule has 0 saturated carbocycles. The average molecular weight is 271 g/mol. The molecule has 7 heteroatoms. The Morgan fingerprint density at radius 2 is 2.22 bits per heavy atom. The molecule has 1 atom stereocenters. The van der Waals surface area contributed by atoms with Gasteiger partial charge in [0.05, 0.1) is 18.1 Å². The first-order valence-electron chi connectivity index (χ1n) is 5.40. The molecule has 1 amide bonds. The van der Waals surface area contributed by atoms with Crippen LogP contribution in [-0.2, 0) is 19.1 Å². The van der Waals surface area contributed by atoms with Crippen molar-refractivity contribution in [2.75, 3.05) is 12.5 Å². The number of hydrogen-bond acceptors (Lipinski definition) is 5. The summed E-state index contributed by atoms with van der Waals surface area (Å²) in [5.41, 5.74) is 0.165. The third-order valence-electron chi connectivity index (χ3n) is 2.51. The molecule has 0 aromatic heterocycles. The van der Waals surface area contributed by atoms with Gasteiger partial charge in [-0.2, -0.15) is 9.98 Å². The number of aliphatic imine (C=N–C) groups is 2. The highest BCUT2D eigenvalue weighted by Gasteiger charge is 2.44. The van der Waals surface area contributed by atoms with Gasteiger partial charge in [-0.15, -0.1) is 11.6 Å². The van der Waals surface area contributed by atoms with E-state index in [0.29, 0.717) is 5.76 Å². The molecule has 18 heavy (non-hydrogen) atoms. The first kappa shape index (κ1) is 12.8. The molecule has 2 rings (SSSR count). The van der Waals surface area contributed by atoms with Gasteiger partial charge in [0.15, 0.2) is 11.8 Å². The van der Waals surface area contributed by atoms with Gasteiger partial charge in [0, 0.05) is 0 Å². The largest absolute Gasteiger partial charge is 0.463 e. The summed E-state index contributed by atoms with van der Waals surface area (Å²) in [6.07, 6.45) is 0. The van der Waals surface area contributed by atoms with Crippen molar-refractivity contribution < 1.29 is 19.1 Å². The Balaban J connectivity index is 2.34. The average Bonchev–Trinajstić information content (AvgIpc) is 2.66. The molecule has 0 radical (unpaired) electrons. The van der Waals surface area contributed by atoms with Gasteiger partial charge in [-0.05, 0) is 13.8 Å². The van der Waals surface area contributed by atoms with Crippen LogP contribution in [0.25, 0.3) is 0 Å². The zero-order valence-electron chi connectivity index (χ0n) is 9.90. The molecule has 0 fully saturated rings. The number of allylic oxidation sites excluding steroid dienone is 1. The third kappa shape index (κ3) is 2.03. The Labute approximate surface area is 108 Å². The van der Waals surface area contributed by atoms with E-state index >= 15 is 0 Å². The van der Waals surface area contributed by atoms with Crippen molar-refractivity contribution in [1.29, 1.82) is 0 Å². The molecule has 1 unspecified atom stereocenters. The molecular weight excluding hydrogens is 260 g/mol. The van der Waals surface area contributed by atoms with Crippen LogP contribution in [0, 0.1) is 5.92 Å². The maximum atomic E-state index is 11.9. The Morgan fingerprint density at radius 3 is 2.83 bits per heavy atom. The summed E-state index contributed by atoms with van der Waals surface area (Å²) in [7, 11) is 0. The summed E-state index contributed by atoms with van der Waals surface area (Å²) >= 11 is 5.57. The van der Waals surface area contributed by atoms with E-state index in [1.807, 2.05) is 0 Å². The van der Waals surface area contributed by atoms with E-state index < -0.39 is 17.8 Å². The van der Waals surface area contributed by atoms with E-state index in [2.05, 4.69) is 9.98 Å². The van der Waals surface area contributed by atoms with Crippen molar-refractivity contribution in [2.45, 2.75) is 13.8 Å². The smallest absolute Gasteiger partial charge is 0.338 e. The van der Waals surface area contributed by atoms with Crippen molar-refractivity contribution in [2.24, 2.45) is 15.9 Å². The minimum absolute atomic E-state index is 0.0130. The number of nitrogens with zero attached hydrogens (tertiary/aromatic N) is 2. The van der Waals surface area contributed by atoms with Crippen LogP contribution >= 0.6 is 11.6 Å². The molecular formula is C11H11ClN2O4. The number of carbonyl (C=O) groups is 2. The van der Waals surface area contributed by atoms with E-state index in [0.717, 1.165) is 0 Å². The Kier molecular flexibility index (Phi) is 3.47. The summed E-state index contributed by atoms with van der Waals surface area (Å²) in [6, 6.07) is 0. The van der Waals surface area contributed by atoms with Gasteiger partial charge in [-0.3, -0.25) is 4.79 Å². The number of rotatable bonds is 3. The molecule has 0 N–H and O–H groups in total. The molecule has 0 aliphatic carbocycles. The van der Waals surface area contributed by atoms with Gasteiger partial charge < -0.3 is 9.47 Å². The Morgan fingerprint density at radius 1 is 1.50 bits per heavy atom. The second-order valence-electron chi connectivity index (χ2n) is 3.68. The number of ether oxygens (including phenoxy) is 2. The molecule has 0 bridgehead atoms. The summed E-state index contributed by atoms with van der Waals surface area (Å²) in [5.74, 6) is -1.32. The Bertz CT molecular complexity index is 507. The molecule has 2 aliphatic heterocycles. The number of hydrogen-bond donors (Lipinski definition) is 0. The number of esters is 1. The molecule has 0 aromatic carbocycles. The highest BCUT2D eigenvalue weighted by atomic mass is 35.5. The lowest BCUT2D eigenvalue weighted by Gasteiger charge is -2.13. The van der Waals surface area contributed by atoms with Gasteiger partial charge >= 0.3 is 5.97 Å². The summed E-state index contributed by atoms with van der Waals surface area (Å²) in [4.78, 5) is 31.3. The topological polar surface area (TPSA) is 77.3 Å². The standard InChI is InChI=1S/C11H11ClN2O4/c1-3-17-11(16)7-5(2)18-10-8(7)9(15)13-6(4-12)14-10/h8H,3-4H2,1-2H3. The highest BCUT2D eigenvalue weighted by Crippen LogP contribution is 2.31. The van der Waals surface area contributed by atoms with E-state index in [-0.39, 0.29) is 29.8 Å². The van der Waals surface area contributed by atoms with Crippen LogP contribution in [0.5, 0.6) is 0 Å². The third-order valence-corrected chi connectivity index (χ3v) is 2.75. The molecule has 6 nitrogen and oxygen atoms in total. The van der Waals surface area contributed by atoms with Gasteiger partial charge in [0.25, 0.3) is 5.91 Å². The van der Waals surface area contributed by atoms with Crippen LogP contribution < -0.4 is 0 Å². The minimum Gasteiger partial charge on any atom is -0.463 e. The lowest BCUT2D eigenvalue weighted by molar-refractivity contribution is -0.139. The van der Waals surface area contributed by atoms with E-state index in [1.54, 1.807) is 13.8 Å². The van der Waals surface area contributed by atoms with Gasteiger partial charge in [-0.1, -0.05) is 0 Å². The van der Waals surface area contributed by atoms with Crippen molar-refractivity contribution in [3.63, 3.8) is 0 Å². The number of amidine groups is 1. The van der Waals surface area contributed by atoms with Crippen molar-refractivity contribution in [3.05, 3.63) is 11.3 Å². The fourth-order valence-corrected chi connectivity index (χ4v) is 1.91. The lowest BCUT2D eigenvalue weighted by atomic mass is 9.98. The molecule has 96 valence electrons. The zero-order valence-corrected chi connectivity index (χ0v) is 10.7. The van der Waals surface area contributed by atoms with E-state index in [4.69, 9.17) is 21.1 Å².